The number of hydrogen-bond acceptors (Lipinski definition) is 3. The van der Waals surface area contributed by atoms with Gasteiger partial charge in [-0.25, -0.2) is 0 Å². The molecule has 0 fully saturated rings. The Morgan fingerprint density at radius 1 is 1.32 bits per heavy atom. The number of guanidine groups is 1. The van der Waals surface area contributed by atoms with E-state index in [0.717, 1.165) is 23.6 Å². The fraction of sp³-hybridized carbons (Fsp3) is 0.188. The Kier molecular flexibility index (Phi) is 6.21. The van der Waals surface area contributed by atoms with Crippen LogP contribution >= 0.6 is 11.6 Å². The number of pyridine rings is 1. The maximum atomic E-state index is 8.73. The number of benzene rings is 1. The number of anilines is 1. The zero-order valence-electron chi connectivity index (χ0n) is 12.0. The van der Waals surface area contributed by atoms with Crippen LogP contribution in [0.1, 0.15) is 12.0 Å². The maximum Gasteiger partial charge on any atom is 0.211 e. The summed E-state index contributed by atoms with van der Waals surface area (Å²) in [5, 5.41) is 15.6. The minimum atomic E-state index is 0.418. The van der Waals surface area contributed by atoms with E-state index in [-0.39, 0.29) is 0 Å². The first-order valence-corrected chi connectivity index (χ1v) is 7.28. The molecule has 1 aromatic heterocycles. The highest BCUT2D eigenvalue weighted by atomic mass is 35.5. The fourth-order valence-electron chi connectivity index (χ4n) is 1.93. The van der Waals surface area contributed by atoms with Crippen LogP contribution in [0.2, 0.25) is 5.02 Å². The average Bonchev–Trinajstić information content (AvgIpc) is 2.53. The Morgan fingerprint density at radius 2 is 2.23 bits per heavy atom. The summed E-state index contributed by atoms with van der Waals surface area (Å²) in [6.07, 6.45) is 6.94. The first-order valence-electron chi connectivity index (χ1n) is 6.90. The van der Waals surface area contributed by atoms with Gasteiger partial charge in [0.2, 0.25) is 12.2 Å². The quantitative estimate of drug-likeness (QED) is 0.385. The van der Waals surface area contributed by atoms with Gasteiger partial charge in [-0.15, -0.1) is 4.99 Å². The van der Waals surface area contributed by atoms with Crippen LogP contribution in [0.3, 0.4) is 0 Å². The SMILES string of the molecule is N#CN=C(NCCCc1cccc(Cl)c1)Nc1cccnc1. The number of aromatic nitrogens is 1. The molecule has 1 heterocycles. The van der Waals surface area contributed by atoms with E-state index in [0.29, 0.717) is 12.5 Å². The third-order valence-corrected chi connectivity index (χ3v) is 3.14. The van der Waals surface area contributed by atoms with Gasteiger partial charge in [-0.3, -0.25) is 4.98 Å². The highest BCUT2D eigenvalue weighted by Crippen LogP contribution is 2.11. The lowest BCUT2D eigenvalue weighted by atomic mass is 10.1. The van der Waals surface area contributed by atoms with Gasteiger partial charge in [0.1, 0.15) is 0 Å². The number of rotatable bonds is 5. The Bertz CT molecular complexity index is 664. The Balaban J connectivity index is 1.80. The predicted octanol–water partition coefficient (Wildman–Crippen LogP) is 3.21. The summed E-state index contributed by atoms with van der Waals surface area (Å²) in [5.41, 5.74) is 1.96. The molecule has 0 amide bonds. The largest absolute Gasteiger partial charge is 0.355 e. The molecule has 0 radical (unpaired) electrons. The number of nitrogens with zero attached hydrogens (tertiary/aromatic N) is 3. The van der Waals surface area contributed by atoms with Crippen molar-refractivity contribution in [2.45, 2.75) is 12.8 Å². The van der Waals surface area contributed by atoms with Gasteiger partial charge in [0, 0.05) is 17.8 Å². The van der Waals surface area contributed by atoms with Crippen LogP contribution < -0.4 is 10.6 Å². The number of aryl methyl sites for hydroxylation is 1. The van der Waals surface area contributed by atoms with Crippen molar-refractivity contribution in [1.82, 2.24) is 10.3 Å². The number of aliphatic imine (C=N–C) groups is 1. The fourth-order valence-corrected chi connectivity index (χ4v) is 2.14. The van der Waals surface area contributed by atoms with Gasteiger partial charge >= 0.3 is 0 Å². The standard InChI is InChI=1S/C16H16ClN5/c17-14-6-1-4-13(10-14)5-2-9-20-16(21-12-18)22-15-7-3-8-19-11-15/h1,3-4,6-8,10-11H,2,5,9H2,(H2,20,21,22). The first kappa shape index (κ1) is 15.8. The van der Waals surface area contributed by atoms with E-state index in [9.17, 15) is 0 Å². The van der Waals surface area contributed by atoms with E-state index in [1.165, 1.54) is 5.56 Å². The molecule has 0 saturated carbocycles. The van der Waals surface area contributed by atoms with E-state index >= 15 is 0 Å². The number of halogens is 1. The molecule has 0 unspecified atom stereocenters. The van der Waals surface area contributed by atoms with E-state index in [1.807, 2.05) is 36.4 Å². The van der Waals surface area contributed by atoms with Crippen LogP contribution in [0.4, 0.5) is 5.69 Å². The van der Waals surface area contributed by atoms with Crippen LogP contribution in [0.5, 0.6) is 0 Å². The third kappa shape index (κ3) is 5.43. The van der Waals surface area contributed by atoms with Crippen LogP contribution in [0.25, 0.3) is 0 Å². The van der Waals surface area contributed by atoms with E-state index in [2.05, 4.69) is 20.6 Å². The van der Waals surface area contributed by atoms with E-state index < -0.39 is 0 Å². The summed E-state index contributed by atoms with van der Waals surface area (Å²) in [6, 6.07) is 11.5. The van der Waals surface area contributed by atoms with Gasteiger partial charge < -0.3 is 10.6 Å². The van der Waals surface area contributed by atoms with Gasteiger partial charge in [0.05, 0.1) is 11.9 Å². The minimum absolute atomic E-state index is 0.418. The summed E-state index contributed by atoms with van der Waals surface area (Å²) in [5.74, 6) is 0.418. The number of nitriles is 1. The smallest absolute Gasteiger partial charge is 0.211 e. The number of nitrogens with one attached hydrogen (secondary N) is 2. The zero-order valence-corrected chi connectivity index (χ0v) is 12.7. The van der Waals surface area contributed by atoms with Crippen molar-refractivity contribution < 1.29 is 0 Å². The molecule has 0 aliphatic carbocycles. The molecule has 112 valence electrons. The van der Waals surface area contributed by atoms with Gasteiger partial charge in [-0.2, -0.15) is 5.26 Å². The molecule has 2 N–H and O–H groups in total. The Labute approximate surface area is 134 Å². The molecule has 2 rings (SSSR count). The topological polar surface area (TPSA) is 73.1 Å². The second-order valence-corrected chi connectivity index (χ2v) is 5.02. The van der Waals surface area contributed by atoms with Crippen molar-refractivity contribution in [3.63, 3.8) is 0 Å². The van der Waals surface area contributed by atoms with Gasteiger partial charge in [-0.1, -0.05) is 23.7 Å². The molecule has 0 saturated heterocycles. The molecule has 6 heteroatoms. The average molecular weight is 314 g/mol. The minimum Gasteiger partial charge on any atom is -0.355 e. The van der Waals surface area contributed by atoms with Crippen LogP contribution in [-0.4, -0.2) is 17.5 Å². The molecule has 0 spiro atoms. The lowest BCUT2D eigenvalue weighted by molar-refractivity contribution is 0.772. The lowest BCUT2D eigenvalue weighted by Gasteiger charge is -2.10. The highest BCUT2D eigenvalue weighted by molar-refractivity contribution is 6.30. The molecule has 0 aliphatic heterocycles. The summed E-state index contributed by atoms with van der Waals surface area (Å²) < 4.78 is 0. The molecule has 2 aromatic rings. The molecule has 0 aliphatic rings. The summed E-state index contributed by atoms with van der Waals surface area (Å²) in [4.78, 5) is 7.73. The summed E-state index contributed by atoms with van der Waals surface area (Å²) in [6.45, 7) is 0.695. The van der Waals surface area contributed by atoms with Gasteiger partial charge in [0.25, 0.3) is 0 Å². The molecule has 1 aromatic carbocycles. The molecular formula is C16H16ClN5. The molecule has 5 nitrogen and oxygen atoms in total. The molecular weight excluding hydrogens is 298 g/mol. The third-order valence-electron chi connectivity index (χ3n) is 2.91. The van der Waals surface area contributed by atoms with Crippen molar-refractivity contribution in [1.29, 1.82) is 5.26 Å². The van der Waals surface area contributed by atoms with Crippen molar-refractivity contribution in [3.05, 3.63) is 59.4 Å². The maximum absolute atomic E-state index is 8.73. The molecule has 0 bridgehead atoms. The van der Waals surface area contributed by atoms with Crippen molar-refractivity contribution in [2.75, 3.05) is 11.9 Å². The number of hydrogen-bond donors (Lipinski definition) is 2. The Hall–Kier alpha value is -2.58. The zero-order chi connectivity index (χ0) is 15.6. The highest BCUT2D eigenvalue weighted by Gasteiger charge is 2.00. The van der Waals surface area contributed by atoms with E-state index in [1.54, 1.807) is 18.6 Å². The first-order chi connectivity index (χ1) is 10.8. The van der Waals surface area contributed by atoms with Crippen molar-refractivity contribution in [3.8, 4) is 6.19 Å². The second kappa shape index (κ2) is 8.65. The van der Waals surface area contributed by atoms with Gasteiger partial charge in [-0.05, 0) is 42.7 Å². The molecule has 0 atom stereocenters. The van der Waals surface area contributed by atoms with Crippen LogP contribution in [0.15, 0.2) is 53.8 Å². The Morgan fingerprint density at radius 3 is 2.95 bits per heavy atom. The predicted molar refractivity (Wildman–Crippen MR) is 88.7 cm³/mol. The van der Waals surface area contributed by atoms with Crippen LogP contribution in [-0.2, 0) is 6.42 Å². The molecule has 22 heavy (non-hydrogen) atoms. The van der Waals surface area contributed by atoms with E-state index in [4.69, 9.17) is 16.9 Å². The van der Waals surface area contributed by atoms with Crippen molar-refractivity contribution in [2.24, 2.45) is 4.99 Å². The summed E-state index contributed by atoms with van der Waals surface area (Å²) in [7, 11) is 0. The summed E-state index contributed by atoms with van der Waals surface area (Å²) >= 11 is 5.95. The van der Waals surface area contributed by atoms with Crippen LogP contribution in [0, 0.1) is 11.5 Å². The van der Waals surface area contributed by atoms with Gasteiger partial charge in [0.15, 0.2) is 0 Å². The second-order valence-electron chi connectivity index (χ2n) is 4.59. The van der Waals surface area contributed by atoms with Crippen molar-refractivity contribution >= 4 is 23.2 Å². The normalized spacial score (nSPS) is 10.8. The lowest BCUT2D eigenvalue weighted by Crippen LogP contribution is -2.31. The monoisotopic (exact) mass is 313 g/mol.